The number of carboxylic acid groups (broad SMARTS) is 1. The van der Waals surface area contributed by atoms with Gasteiger partial charge >= 0.3 is 12.2 Å². The molecule has 0 radical (unpaired) electrons. The van der Waals surface area contributed by atoms with Crippen molar-refractivity contribution in [1.29, 1.82) is 0 Å². The zero-order valence-corrected chi connectivity index (χ0v) is 17.4. The number of hydrogen-bond acceptors (Lipinski definition) is 6. The molecule has 12 heteroatoms. The molecule has 0 saturated carbocycles. The van der Waals surface area contributed by atoms with Gasteiger partial charge in [-0.1, -0.05) is 11.6 Å². The standard InChI is InChI=1S/C20H19ClFN5O5/c21-12-2-3-13-15(16(12)22)20(32-19(31)26-13)4-1-5-27(9-20)17(28)14(25-18(29)30)6-11-7-23-10-24-8-11/h2-3,7-8,10,14,25H,1,4-6,9H2,(H,26,31)(H,29,30)/t14-,20?/m0/s1. The smallest absolute Gasteiger partial charge is 0.412 e. The van der Waals surface area contributed by atoms with Gasteiger partial charge in [-0.3, -0.25) is 10.1 Å². The summed E-state index contributed by atoms with van der Waals surface area (Å²) < 4.78 is 20.6. The molecule has 3 N–H and O–H groups in total. The number of piperidine rings is 1. The van der Waals surface area contributed by atoms with Crippen molar-refractivity contribution in [3.8, 4) is 0 Å². The molecule has 10 nitrogen and oxygen atoms in total. The lowest BCUT2D eigenvalue weighted by Gasteiger charge is -2.45. The number of nitrogens with zero attached hydrogens (tertiary/aromatic N) is 3. The van der Waals surface area contributed by atoms with Crippen LogP contribution in [0.2, 0.25) is 5.02 Å². The summed E-state index contributed by atoms with van der Waals surface area (Å²) in [6.45, 7) is 0.138. The van der Waals surface area contributed by atoms with Crippen molar-refractivity contribution in [3.05, 3.63) is 52.8 Å². The average molecular weight is 464 g/mol. The van der Waals surface area contributed by atoms with E-state index in [4.69, 9.17) is 16.3 Å². The first-order valence-electron chi connectivity index (χ1n) is 9.80. The summed E-state index contributed by atoms with van der Waals surface area (Å²) in [4.78, 5) is 45.9. The third-order valence-electron chi connectivity index (χ3n) is 5.49. The van der Waals surface area contributed by atoms with Crippen molar-refractivity contribution in [3.63, 3.8) is 0 Å². The summed E-state index contributed by atoms with van der Waals surface area (Å²) in [6.07, 6.45) is 2.85. The van der Waals surface area contributed by atoms with E-state index in [1.165, 1.54) is 35.8 Å². The Morgan fingerprint density at radius 1 is 1.38 bits per heavy atom. The Bertz CT molecular complexity index is 1070. The Morgan fingerprint density at radius 2 is 2.12 bits per heavy atom. The Kier molecular flexibility index (Phi) is 5.83. The number of halogens is 2. The van der Waals surface area contributed by atoms with Crippen LogP contribution in [0.5, 0.6) is 0 Å². The van der Waals surface area contributed by atoms with E-state index in [0.717, 1.165) is 0 Å². The number of amides is 3. The zero-order chi connectivity index (χ0) is 22.9. The molecule has 1 fully saturated rings. The molecule has 4 rings (SSSR count). The SMILES string of the molecule is O=C(O)N[C@@H](Cc1cncnc1)C(=O)N1CCCC2(C1)OC(=O)Nc1ccc(Cl)c(F)c12. The topological polar surface area (TPSA) is 134 Å². The molecular formula is C20H19ClFN5O5. The van der Waals surface area contributed by atoms with Gasteiger partial charge in [-0.05, 0) is 30.5 Å². The Morgan fingerprint density at radius 3 is 2.84 bits per heavy atom. The highest BCUT2D eigenvalue weighted by molar-refractivity contribution is 6.31. The van der Waals surface area contributed by atoms with Crippen molar-refractivity contribution in [1.82, 2.24) is 20.2 Å². The zero-order valence-electron chi connectivity index (χ0n) is 16.7. The van der Waals surface area contributed by atoms with Gasteiger partial charge < -0.3 is 20.1 Å². The first kappa shape index (κ1) is 21.8. The van der Waals surface area contributed by atoms with Crippen molar-refractivity contribution >= 4 is 35.4 Å². The number of aromatic nitrogens is 2. The minimum absolute atomic E-state index is 0.0214. The summed E-state index contributed by atoms with van der Waals surface area (Å²) in [5.74, 6) is -1.27. The molecule has 1 spiro atoms. The summed E-state index contributed by atoms with van der Waals surface area (Å²) in [6, 6.07) is 1.68. The lowest BCUT2D eigenvalue weighted by Crippen LogP contribution is -2.57. The first-order valence-corrected chi connectivity index (χ1v) is 10.2. The number of nitrogens with one attached hydrogen (secondary N) is 2. The fourth-order valence-corrected chi connectivity index (χ4v) is 4.36. The molecule has 1 saturated heterocycles. The largest absolute Gasteiger partial charge is 0.465 e. The van der Waals surface area contributed by atoms with Crippen LogP contribution >= 0.6 is 11.6 Å². The highest BCUT2D eigenvalue weighted by Gasteiger charge is 2.49. The van der Waals surface area contributed by atoms with Crippen molar-refractivity contribution < 1.29 is 28.6 Å². The number of anilines is 1. The van der Waals surface area contributed by atoms with E-state index < -0.39 is 35.6 Å². The van der Waals surface area contributed by atoms with Gasteiger partial charge in [-0.25, -0.2) is 23.9 Å². The second-order valence-corrected chi connectivity index (χ2v) is 8.02. The molecule has 1 aromatic heterocycles. The maximum atomic E-state index is 15.0. The third-order valence-corrected chi connectivity index (χ3v) is 5.78. The second kappa shape index (κ2) is 8.58. The summed E-state index contributed by atoms with van der Waals surface area (Å²) in [7, 11) is 0. The third kappa shape index (κ3) is 4.15. The molecule has 2 atom stereocenters. The predicted molar refractivity (Wildman–Crippen MR) is 110 cm³/mol. The van der Waals surface area contributed by atoms with Gasteiger partial charge in [-0.2, -0.15) is 0 Å². The molecule has 2 aliphatic heterocycles. The molecular weight excluding hydrogens is 445 g/mol. The van der Waals surface area contributed by atoms with Crippen molar-refractivity contribution in [2.24, 2.45) is 0 Å². The monoisotopic (exact) mass is 463 g/mol. The van der Waals surface area contributed by atoms with Gasteiger partial charge in [-0.15, -0.1) is 0 Å². The number of hydrogen-bond donors (Lipinski definition) is 3. The number of ether oxygens (including phenoxy) is 1. The first-order chi connectivity index (χ1) is 15.3. The summed E-state index contributed by atoms with van der Waals surface area (Å²) >= 11 is 5.97. The fraction of sp³-hybridized carbons (Fsp3) is 0.350. The quantitative estimate of drug-likeness (QED) is 0.634. The van der Waals surface area contributed by atoms with Crippen molar-refractivity contribution in [2.75, 3.05) is 18.4 Å². The molecule has 3 amide bonds. The van der Waals surface area contributed by atoms with Crippen LogP contribution in [0.1, 0.15) is 24.0 Å². The van der Waals surface area contributed by atoms with Crippen LogP contribution in [0.15, 0.2) is 30.9 Å². The lowest BCUT2D eigenvalue weighted by molar-refractivity contribution is -0.141. The number of fused-ring (bicyclic) bond motifs is 2. The summed E-state index contributed by atoms with van der Waals surface area (Å²) in [5.41, 5.74) is -0.590. The van der Waals surface area contributed by atoms with E-state index in [1.807, 2.05) is 0 Å². The molecule has 0 bridgehead atoms. The highest BCUT2D eigenvalue weighted by Crippen LogP contribution is 2.45. The van der Waals surface area contributed by atoms with Gasteiger partial charge in [0.1, 0.15) is 12.4 Å². The minimum atomic E-state index is -1.44. The Labute approximate surface area is 186 Å². The molecule has 1 aromatic carbocycles. The number of carbonyl (C=O) groups excluding carboxylic acids is 2. The maximum absolute atomic E-state index is 15.0. The Balaban J connectivity index is 1.64. The summed E-state index contributed by atoms with van der Waals surface area (Å²) in [5, 5.41) is 13.8. The number of benzene rings is 1. The molecule has 0 aliphatic carbocycles. The van der Waals surface area contributed by atoms with Gasteiger partial charge in [0, 0.05) is 25.4 Å². The average Bonchev–Trinajstić information content (AvgIpc) is 2.75. The molecule has 3 heterocycles. The molecule has 168 valence electrons. The lowest BCUT2D eigenvalue weighted by atomic mass is 9.82. The molecule has 32 heavy (non-hydrogen) atoms. The van der Waals surface area contributed by atoms with E-state index >= 15 is 4.39 Å². The van der Waals surface area contributed by atoms with Crippen LogP contribution in [-0.4, -0.2) is 57.2 Å². The van der Waals surface area contributed by atoms with Crippen LogP contribution < -0.4 is 10.6 Å². The maximum Gasteiger partial charge on any atom is 0.412 e. The van der Waals surface area contributed by atoms with Gasteiger partial charge in [0.15, 0.2) is 11.4 Å². The normalized spacial score (nSPS) is 20.7. The van der Waals surface area contributed by atoms with Crippen LogP contribution in [-0.2, 0) is 21.6 Å². The predicted octanol–water partition coefficient (Wildman–Crippen LogP) is 2.53. The van der Waals surface area contributed by atoms with Crippen LogP contribution in [0.4, 0.5) is 19.7 Å². The van der Waals surface area contributed by atoms with Gasteiger partial charge in [0.05, 0.1) is 22.8 Å². The van der Waals surface area contributed by atoms with E-state index in [1.54, 1.807) is 0 Å². The molecule has 2 aromatic rings. The van der Waals surface area contributed by atoms with Crippen molar-refractivity contribution in [2.45, 2.75) is 30.9 Å². The van der Waals surface area contributed by atoms with E-state index in [2.05, 4.69) is 20.6 Å². The fourth-order valence-electron chi connectivity index (χ4n) is 4.20. The number of carbonyl (C=O) groups is 3. The van der Waals surface area contributed by atoms with Crippen LogP contribution in [0.25, 0.3) is 0 Å². The molecule has 1 unspecified atom stereocenters. The number of rotatable bonds is 4. The highest BCUT2D eigenvalue weighted by atomic mass is 35.5. The van der Waals surface area contributed by atoms with E-state index in [0.29, 0.717) is 12.0 Å². The van der Waals surface area contributed by atoms with Crippen LogP contribution in [0.3, 0.4) is 0 Å². The second-order valence-electron chi connectivity index (χ2n) is 7.61. The molecule has 2 aliphatic rings. The van der Waals surface area contributed by atoms with Gasteiger partial charge in [0.25, 0.3) is 0 Å². The van der Waals surface area contributed by atoms with E-state index in [9.17, 15) is 19.5 Å². The van der Waals surface area contributed by atoms with Gasteiger partial charge in [0.2, 0.25) is 5.91 Å². The van der Waals surface area contributed by atoms with E-state index in [-0.39, 0.29) is 42.2 Å². The Hall–Kier alpha value is -3.47. The minimum Gasteiger partial charge on any atom is -0.465 e. The van der Waals surface area contributed by atoms with Crippen LogP contribution in [0, 0.1) is 5.82 Å². The number of likely N-dealkylation sites (tertiary alicyclic amines) is 1.